The van der Waals surface area contributed by atoms with Crippen LogP contribution in [-0.2, 0) is 16.1 Å². The topological polar surface area (TPSA) is 113 Å². The quantitative estimate of drug-likeness (QED) is 0.499. The van der Waals surface area contributed by atoms with Crippen molar-refractivity contribution in [2.75, 3.05) is 23.3 Å². The van der Waals surface area contributed by atoms with Gasteiger partial charge in [0.1, 0.15) is 0 Å². The number of nitrogens with two attached hydrogens (primary N) is 1. The third kappa shape index (κ3) is 4.72. The highest BCUT2D eigenvalue weighted by Crippen LogP contribution is 2.24. The predicted molar refractivity (Wildman–Crippen MR) is 127 cm³/mol. The van der Waals surface area contributed by atoms with Gasteiger partial charge in [-0.1, -0.05) is 12.1 Å². The van der Waals surface area contributed by atoms with Crippen LogP contribution in [0.25, 0.3) is 10.9 Å². The SMILES string of the molecule is NC(=O)C1CCN(c2ccc(NC(=O)CCn3c(=S)[nH]c4ccccc4c3=O)cc2)CC1. The highest BCUT2D eigenvalue weighted by molar-refractivity contribution is 7.71. The van der Waals surface area contributed by atoms with Crippen molar-refractivity contribution < 1.29 is 9.59 Å². The summed E-state index contributed by atoms with van der Waals surface area (Å²) in [5.41, 5.74) is 7.60. The fourth-order valence-corrected chi connectivity index (χ4v) is 4.30. The Morgan fingerprint density at radius 1 is 1.09 bits per heavy atom. The van der Waals surface area contributed by atoms with Gasteiger partial charge in [-0.2, -0.15) is 0 Å². The Hall–Kier alpha value is -3.46. The van der Waals surface area contributed by atoms with E-state index in [4.69, 9.17) is 18.0 Å². The van der Waals surface area contributed by atoms with Gasteiger partial charge in [0, 0.05) is 43.3 Å². The van der Waals surface area contributed by atoms with Gasteiger partial charge < -0.3 is 20.9 Å². The van der Waals surface area contributed by atoms with Crippen molar-refractivity contribution >= 4 is 46.3 Å². The molecule has 2 amide bonds. The van der Waals surface area contributed by atoms with E-state index >= 15 is 0 Å². The van der Waals surface area contributed by atoms with Crippen LogP contribution in [0.15, 0.2) is 53.3 Å². The number of rotatable bonds is 6. The first-order valence-electron chi connectivity index (χ1n) is 10.6. The molecular formula is C23H25N5O3S. The minimum Gasteiger partial charge on any atom is -0.371 e. The van der Waals surface area contributed by atoms with Gasteiger partial charge >= 0.3 is 0 Å². The van der Waals surface area contributed by atoms with Crippen LogP contribution in [0.4, 0.5) is 11.4 Å². The second-order valence-corrected chi connectivity index (χ2v) is 8.33. The Labute approximate surface area is 190 Å². The van der Waals surface area contributed by atoms with Gasteiger partial charge in [-0.3, -0.25) is 19.0 Å². The fourth-order valence-electron chi connectivity index (χ4n) is 4.02. The number of aromatic amines is 1. The second kappa shape index (κ2) is 9.35. The second-order valence-electron chi connectivity index (χ2n) is 7.94. The Kier molecular flexibility index (Phi) is 6.36. The smallest absolute Gasteiger partial charge is 0.262 e. The number of para-hydroxylation sites is 1. The normalized spacial score (nSPS) is 14.4. The lowest BCUT2D eigenvalue weighted by Gasteiger charge is -2.32. The third-order valence-corrected chi connectivity index (χ3v) is 6.19. The maximum absolute atomic E-state index is 12.7. The molecule has 1 fully saturated rings. The maximum atomic E-state index is 12.7. The number of H-pyrrole nitrogens is 1. The van der Waals surface area contributed by atoms with Gasteiger partial charge in [-0.25, -0.2) is 0 Å². The lowest BCUT2D eigenvalue weighted by molar-refractivity contribution is -0.122. The van der Waals surface area contributed by atoms with Crippen molar-refractivity contribution in [2.24, 2.45) is 11.7 Å². The van der Waals surface area contributed by atoms with Crippen LogP contribution >= 0.6 is 12.2 Å². The van der Waals surface area contributed by atoms with E-state index < -0.39 is 0 Å². The first kappa shape index (κ1) is 21.8. The Morgan fingerprint density at radius 2 is 1.78 bits per heavy atom. The van der Waals surface area contributed by atoms with Crippen LogP contribution in [0.1, 0.15) is 19.3 Å². The van der Waals surface area contributed by atoms with Crippen molar-refractivity contribution in [1.82, 2.24) is 9.55 Å². The van der Waals surface area contributed by atoms with Crippen molar-refractivity contribution in [3.05, 3.63) is 63.7 Å². The van der Waals surface area contributed by atoms with Gasteiger partial charge in [-0.05, 0) is 61.5 Å². The number of fused-ring (bicyclic) bond motifs is 1. The molecule has 0 unspecified atom stereocenters. The minimum atomic E-state index is -0.227. The molecule has 3 aromatic rings. The number of piperidine rings is 1. The highest BCUT2D eigenvalue weighted by atomic mass is 32.1. The van der Waals surface area contributed by atoms with Crippen LogP contribution in [0.5, 0.6) is 0 Å². The molecule has 0 bridgehead atoms. The summed E-state index contributed by atoms with van der Waals surface area (Å²) in [5, 5.41) is 3.40. The molecule has 9 heteroatoms. The minimum absolute atomic E-state index is 0.0480. The Morgan fingerprint density at radius 3 is 2.47 bits per heavy atom. The van der Waals surface area contributed by atoms with Gasteiger partial charge in [0.25, 0.3) is 5.56 Å². The van der Waals surface area contributed by atoms with Gasteiger partial charge in [-0.15, -0.1) is 0 Å². The van der Waals surface area contributed by atoms with Gasteiger partial charge in [0.05, 0.1) is 10.9 Å². The lowest BCUT2D eigenvalue weighted by atomic mass is 9.96. The largest absolute Gasteiger partial charge is 0.371 e. The van der Waals surface area contributed by atoms with E-state index in [0.717, 1.165) is 31.6 Å². The number of carbonyl (C=O) groups is 2. The van der Waals surface area contributed by atoms with E-state index in [0.29, 0.717) is 21.4 Å². The van der Waals surface area contributed by atoms with Crippen LogP contribution in [0.3, 0.4) is 0 Å². The number of carbonyl (C=O) groups excluding carboxylic acids is 2. The van der Waals surface area contributed by atoms with Crippen LogP contribution < -0.4 is 21.5 Å². The van der Waals surface area contributed by atoms with E-state index in [2.05, 4.69) is 15.2 Å². The average molecular weight is 452 g/mol. The van der Waals surface area contributed by atoms with E-state index in [-0.39, 0.29) is 36.3 Å². The molecule has 0 saturated carbocycles. The highest BCUT2D eigenvalue weighted by Gasteiger charge is 2.23. The number of hydrogen-bond donors (Lipinski definition) is 3. The number of nitrogens with zero attached hydrogens (tertiary/aromatic N) is 2. The molecule has 0 spiro atoms. The van der Waals surface area contributed by atoms with Gasteiger partial charge in [0.15, 0.2) is 4.77 Å². The number of nitrogens with one attached hydrogen (secondary N) is 2. The molecule has 1 aliphatic heterocycles. The molecule has 1 saturated heterocycles. The molecular weight excluding hydrogens is 426 g/mol. The van der Waals surface area contributed by atoms with E-state index in [9.17, 15) is 14.4 Å². The van der Waals surface area contributed by atoms with Gasteiger partial charge in [0.2, 0.25) is 11.8 Å². The van der Waals surface area contributed by atoms with Crippen molar-refractivity contribution in [3.63, 3.8) is 0 Å². The summed E-state index contributed by atoms with van der Waals surface area (Å²) in [6.45, 7) is 1.75. The molecule has 4 rings (SSSR count). The zero-order valence-electron chi connectivity index (χ0n) is 17.5. The number of aromatic nitrogens is 2. The molecule has 32 heavy (non-hydrogen) atoms. The standard InChI is InChI=1S/C23H25N5O3S/c24-21(30)15-9-12-27(13-10-15)17-7-5-16(6-8-17)25-20(29)11-14-28-22(31)18-3-1-2-4-19(18)26-23(28)32/h1-8,15H,9-14H2,(H2,24,30)(H,25,29)(H,26,32). The molecule has 2 heterocycles. The zero-order valence-corrected chi connectivity index (χ0v) is 18.4. The Balaban J connectivity index is 1.35. The molecule has 0 atom stereocenters. The summed E-state index contributed by atoms with van der Waals surface area (Å²) in [6.07, 6.45) is 1.63. The van der Waals surface area contributed by atoms with E-state index in [1.54, 1.807) is 18.2 Å². The number of hydrogen-bond acceptors (Lipinski definition) is 5. The number of amides is 2. The summed E-state index contributed by atoms with van der Waals surface area (Å²) in [7, 11) is 0. The summed E-state index contributed by atoms with van der Waals surface area (Å²) in [5.74, 6) is -0.475. The molecule has 0 radical (unpaired) electrons. The summed E-state index contributed by atoms with van der Waals surface area (Å²) in [6, 6.07) is 14.8. The number of anilines is 2. The summed E-state index contributed by atoms with van der Waals surface area (Å²) < 4.78 is 1.71. The molecule has 1 aromatic heterocycles. The Bertz CT molecular complexity index is 1260. The first-order chi connectivity index (χ1) is 15.4. The van der Waals surface area contributed by atoms with E-state index in [1.165, 1.54) is 4.57 Å². The zero-order chi connectivity index (χ0) is 22.7. The monoisotopic (exact) mass is 451 g/mol. The van der Waals surface area contributed by atoms with Crippen molar-refractivity contribution in [2.45, 2.75) is 25.8 Å². The number of primary amides is 1. The molecule has 4 N–H and O–H groups in total. The van der Waals surface area contributed by atoms with Crippen molar-refractivity contribution in [1.29, 1.82) is 0 Å². The van der Waals surface area contributed by atoms with Crippen LogP contribution in [-0.4, -0.2) is 34.5 Å². The lowest BCUT2D eigenvalue weighted by Crippen LogP contribution is -2.38. The first-order valence-corrected chi connectivity index (χ1v) is 11.0. The van der Waals surface area contributed by atoms with Crippen LogP contribution in [0, 0.1) is 10.7 Å². The summed E-state index contributed by atoms with van der Waals surface area (Å²) in [4.78, 5) is 41.7. The fraction of sp³-hybridized carbons (Fsp3) is 0.304. The molecule has 166 valence electrons. The number of benzene rings is 2. The maximum Gasteiger partial charge on any atom is 0.262 e. The molecule has 8 nitrogen and oxygen atoms in total. The average Bonchev–Trinajstić information content (AvgIpc) is 2.79. The summed E-state index contributed by atoms with van der Waals surface area (Å²) >= 11 is 5.29. The molecule has 2 aromatic carbocycles. The third-order valence-electron chi connectivity index (χ3n) is 5.87. The van der Waals surface area contributed by atoms with Crippen LogP contribution in [0.2, 0.25) is 0 Å². The predicted octanol–water partition coefficient (Wildman–Crippen LogP) is 2.79. The van der Waals surface area contributed by atoms with Crippen molar-refractivity contribution in [3.8, 4) is 0 Å². The van der Waals surface area contributed by atoms with E-state index in [1.807, 2.05) is 30.3 Å². The molecule has 0 aliphatic carbocycles. The molecule has 1 aliphatic rings.